The molecule has 2 aliphatic carbocycles. The minimum atomic E-state index is -0.171. The average Bonchev–Trinajstić information content (AvgIpc) is 4.25. The van der Waals surface area contributed by atoms with Gasteiger partial charge in [-0.1, -0.05) is 210 Å². The van der Waals surface area contributed by atoms with E-state index in [4.69, 9.17) is 0 Å². The molecule has 0 atom stereocenters. The van der Waals surface area contributed by atoms with E-state index in [1.54, 1.807) is 0 Å². The Morgan fingerprint density at radius 1 is 0.237 bits per heavy atom. The van der Waals surface area contributed by atoms with Crippen molar-refractivity contribution >= 4 is 65.2 Å². The lowest BCUT2D eigenvalue weighted by Crippen LogP contribution is -2.15. The van der Waals surface area contributed by atoms with Gasteiger partial charge in [0, 0.05) is 43.7 Å². The number of hydrogen-bond donors (Lipinski definition) is 0. The fraction of sp³-hybridized carbons (Fsp3) is 0.0811. The maximum absolute atomic E-state index is 2.52. The van der Waals surface area contributed by atoms with E-state index in [9.17, 15) is 0 Å². The second-order valence-electron chi connectivity index (χ2n) is 22.4. The minimum Gasteiger partial charge on any atom is -0.309 e. The Hall–Kier alpha value is -9.24. The summed E-state index contributed by atoms with van der Waals surface area (Å²) in [6.07, 6.45) is 0. The van der Waals surface area contributed by atoms with Crippen LogP contribution in [0.1, 0.15) is 49.9 Å². The zero-order valence-corrected chi connectivity index (χ0v) is 43.0. The Morgan fingerprint density at radius 3 is 1.08 bits per heavy atom. The highest BCUT2D eigenvalue weighted by Gasteiger charge is 2.37. The molecule has 0 aliphatic heterocycles. The zero-order valence-electron chi connectivity index (χ0n) is 43.0. The highest BCUT2D eigenvalue weighted by molar-refractivity contribution is 6.24. The van der Waals surface area contributed by atoms with Crippen molar-refractivity contribution in [3.8, 4) is 67.0 Å². The highest BCUT2D eigenvalue weighted by Crippen LogP contribution is 2.54. The molecule has 2 nitrogen and oxygen atoms in total. The normalized spacial score (nSPS) is 14.0. The fourth-order valence-corrected chi connectivity index (χ4v) is 14.2. The summed E-state index contributed by atoms with van der Waals surface area (Å²) >= 11 is 0. The molecular weight excluding hydrogens is 917 g/mol. The SMILES string of the molecule is CC1(C)c2ccccc2-c2ccc(-c3ccccc3-c3c4ccc(-n5c6ccccc6c6ccccc65)cc4c(-c4ccc5c(c4)C(C)(C)c4ccccc4-5)c4ccc(-n5c6ccccc6c6ccccc65)cc34)cc21. The van der Waals surface area contributed by atoms with Crippen LogP contribution in [0.3, 0.4) is 0 Å². The van der Waals surface area contributed by atoms with Gasteiger partial charge in [-0.05, 0) is 160 Å². The molecule has 2 aromatic heterocycles. The van der Waals surface area contributed by atoms with E-state index in [-0.39, 0.29) is 10.8 Å². The summed E-state index contributed by atoms with van der Waals surface area (Å²) in [5.74, 6) is 0. The van der Waals surface area contributed by atoms with Crippen LogP contribution in [0.25, 0.3) is 132 Å². The van der Waals surface area contributed by atoms with Gasteiger partial charge in [-0.25, -0.2) is 0 Å². The molecule has 0 saturated carbocycles. The minimum absolute atomic E-state index is 0.135. The lowest BCUT2D eigenvalue weighted by molar-refractivity contribution is 0.660. The third-order valence-electron chi connectivity index (χ3n) is 17.7. The summed E-state index contributed by atoms with van der Waals surface area (Å²) in [6, 6.07) is 91.8. The second-order valence-corrected chi connectivity index (χ2v) is 22.4. The molecule has 0 fully saturated rings. The van der Waals surface area contributed by atoms with Gasteiger partial charge in [0.15, 0.2) is 0 Å². The molecule has 0 unspecified atom stereocenters. The third kappa shape index (κ3) is 5.87. The molecule has 0 bridgehead atoms. The van der Waals surface area contributed by atoms with Crippen LogP contribution in [-0.2, 0) is 10.8 Å². The van der Waals surface area contributed by atoms with E-state index in [0.29, 0.717) is 0 Å². The maximum Gasteiger partial charge on any atom is 0.0541 e. The Balaban J connectivity index is 1.04. The monoisotopic (exact) mass is 968 g/mol. The molecule has 76 heavy (non-hydrogen) atoms. The maximum atomic E-state index is 2.52. The number of nitrogens with zero attached hydrogens (tertiary/aromatic N) is 2. The van der Waals surface area contributed by atoms with Crippen LogP contribution < -0.4 is 0 Å². The van der Waals surface area contributed by atoms with Crippen LogP contribution >= 0.6 is 0 Å². The van der Waals surface area contributed by atoms with Crippen molar-refractivity contribution in [1.29, 1.82) is 0 Å². The van der Waals surface area contributed by atoms with Crippen molar-refractivity contribution in [2.75, 3.05) is 0 Å². The highest BCUT2D eigenvalue weighted by atomic mass is 15.0. The molecule has 14 aromatic rings. The van der Waals surface area contributed by atoms with Gasteiger partial charge in [0.1, 0.15) is 0 Å². The Labute approximate surface area is 442 Å². The van der Waals surface area contributed by atoms with Crippen LogP contribution in [0.2, 0.25) is 0 Å². The van der Waals surface area contributed by atoms with E-state index in [0.717, 1.165) is 11.4 Å². The molecule has 0 saturated heterocycles. The van der Waals surface area contributed by atoms with Gasteiger partial charge in [-0.3, -0.25) is 0 Å². The van der Waals surface area contributed by atoms with Crippen LogP contribution in [0.5, 0.6) is 0 Å². The number of aromatic nitrogens is 2. The summed E-state index contributed by atoms with van der Waals surface area (Å²) < 4.78 is 4.95. The van der Waals surface area contributed by atoms with Gasteiger partial charge in [-0.15, -0.1) is 0 Å². The summed E-state index contributed by atoms with van der Waals surface area (Å²) in [4.78, 5) is 0. The third-order valence-corrected chi connectivity index (χ3v) is 17.7. The van der Waals surface area contributed by atoms with Crippen LogP contribution in [0, 0.1) is 0 Å². The largest absolute Gasteiger partial charge is 0.309 e. The van der Waals surface area contributed by atoms with Crippen molar-refractivity contribution < 1.29 is 0 Å². The molecule has 0 amide bonds. The first-order chi connectivity index (χ1) is 37.2. The van der Waals surface area contributed by atoms with Crippen molar-refractivity contribution in [3.05, 3.63) is 265 Å². The summed E-state index contributed by atoms with van der Waals surface area (Å²) in [5, 5.41) is 9.90. The van der Waals surface area contributed by atoms with Gasteiger partial charge < -0.3 is 9.13 Å². The molecule has 0 radical (unpaired) electrons. The average molecular weight is 969 g/mol. The molecule has 358 valence electrons. The van der Waals surface area contributed by atoms with Gasteiger partial charge in [-0.2, -0.15) is 0 Å². The van der Waals surface area contributed by atoms with E-state index in [2.05, 4.69) is 279 Å². The molecule has 2 aliphatic rings. The molecular formula is C74H52N2. The van der Waals surface area contributed by atoms with E-state index >= 15 is 0 Å². The number of para-hydroxylation sites is 4. The molecule has 12 aromatic carbocycles. The van der Waals surface area contributed by atoms with Gasteiger partial charge >= 0.3 is 0 Å². The lowest BCUT2D eigenvalue weighted by atomic mass is 9.79. The first-order valence-corrected chi connectivity index (χ1v) is 26.8. The predicted molar refractivity (Wildman–Crippen MR) is 322 cm³/mol. The Morgan fingerprint density at radius 2 is 0.592 bits per heavy atom. The first-order valence-electron chi connectivity index (χ1n) is 26.8. The molecule has 16 rings (SSSR count). The number of fused-ring (bicyclic) bond motifs is 14. The molecule has 0 spiro atoms. The Bertz CT molecular complexity index is 4710. The first kappa shape index (κ1) is 43.2. The molecule has 2 heterocycles. The van der Waals surface area contributed by atoms with Crippen molar-refractivity contribution in [2.24, 2.45) is 0 Å². The zero-order chi connectivity index (χ0) is 50.6. The number of rotatable bonds is 5. The van der Waals surface area contributed by atoms with Crippen molar-refractivity contribution in [2.45, 2.75) is 38.5 Å². The number of hydrogen-bond acceptors (Lipinski definition) is 0. The van der Waals surface area contributed by atoms with E-state index in [1.165, 1.54) is 143 Å². The van der Waals surface area contributed by atoms with E-state index < -0.39 is 0 Å². The molecule has 0 N–H and O–H groups in total. The van der Waals surface area contributed by atoms with Gasteiger partial charge in [0.05, 0.1) is 22.1 Å². The van der Waals surface area contributed by atoms with Crippen molar-refractivity contribution in [1.82, 2.24) is 9.13 Å². The van der Waals surface area contributed by atoms with Crippen LogP contribution in [0.15, 0.2) is 243 Å². The Kier molecular flexibility index (Phi) is 8.89. The summed E-state index contributed by atoms with van der Waals surface area (Å²) in [5.41, 5.74) is 25.0. The quantitative estimate of drug-likeness (QED) is 0.152. The topological polar surface area (TPSA) is 9.86 Å². The second kappa shape index (κ2) is 15.6. The predicted octanol–water partition coefficient (Wildman–Crippen LogP) is 19.8. The summed E-state index contributed by atoms with van der Waals surface area (Å²) in [7, 11) is 0. The van der Waals surface area contributed by atoms with E-state index in [1.807, 2.05) is 0 Å². The lowest BCUT2D eigenvalue weighted by Gasteiger charge is -2.24. The van der Waals surface area contributed by atoms with Crippen LogP contribution in [0.4, 0.5) is 0 Å². The number of benzene rings is 12. The standard InChI is InChI=1S/C74H52N2/c1-73(2)63-27-13-7-20-50(63)52-37-33-45(41-65(52)73)49-19-5-6-26-58(49)72-60-40-36-47(75-67-29-15-9-22-54(67)55-23-10-16-30-68(55)75)43-61(60)71(46-34-38-53-51-21-8-14-28-64(51)74(3,4)66(53)42-46)59-39-35-48(44-62(59)72)76-69-31-17-11-24-56(69)57-25-12-18-32-70(57)76/h5-44H,1-4H3. The molecule has 2 heteroatoms. The fourth-order valence-electron chi connectivity index (χ4n) is 14.2. The van der Waals surface area contributed by atoms with Crippen molar-refractivity contribution in [3.63, 3.8) is 0 Å². The van der Waals surface area contributed by atoms with Gasteiger partial charge in [0.25, 0.3) is 0 Å². The summed E-state index contributed by atoms with van der Waals surface area (Å²) in [6.45, 7) is 9.57. The van der Waals surface area contributed by atoms with Crippen LogP contribution in [-0.4, -0.2) is 9.13 Å². The van der Waals surface area contributed by atoms with Gasteiger partial charge in [0.2, 0.25) is 0 Å². The smallest absolute Gasteiger partial charge is 0.0541 e.